The topological polar surface area (TPSA) is 45.7 Å². The number of benzene rings is 9. The quantitative estimate of drug-likeness (QED) is 0.118. The zero-order valence-corrected chi connectivity index (χ0v) is 40.3. The maximum absolute atomic E-state index is 6.59. The van der Waals surface area contributed by atoms with Gasteiger partial charge in [-0.05, 0) is 66.4 Å². The minimum Gasteiger partial charge on any atom is -0.510 e. The second kappa shape index (κ2) is 16.3. The van der Waals surface area contributed by atoms with Crippen molar-refractivity contribution in [2.45, 2.75) is 6.92 Å². The van der Waals surface area contributed by atoms with Crippen LogP contribution in [0, 0.1) is 25.4 Å². The fourth-order valence-electron chi connectivity index (χ4n) is 10.8. The second-order valence-corrected chi connectivity index (χ2v) is 17.7. The van der Waals surface area contributed by atoms with Crippen LogP contribution >= 0.6 is 0 Å². The summed E-state index contributed by atoms with van der Waals surface area (Å²) in [5.41, 5.74) is 14.8. The number of imidazole rings is 1. The van der Waals surface area contributed by atoms with Crippen LogP contribution in [0.1, 0.15) is 5.56 Å². The van der Waals surface area contributed by atoms with E-state index in [9.17, 15) is 0 Å². The van der Waals surface area contributed by atoms with Crippen molar-refractivity contribution in [2.75, 3.05) is 0 Å². The van der Waals surface area contributed by atoms with Crippen molar-refractivity contribution >= 4 is 76.5 Å². The van der Waals surface area contributed by atoms with Gasteiger partial charge in [0.1, 0.15) is 5.82 Å². The van der Waals surface area contributed by atoms with Gasteiger partial charge in [0.2, 0.25) is 6.33 Å². The SMILES string of the molecule is Cc1cc(-n2c3[c-]c(Oc4[c-]c(-n5[c-][n+](C)c6ccccc65)ccc4)ccc3c3ccccc32)ncc1-c1c(-n2c3ccccc3c3ccccc32)cccc1-n1c2ccccc2c2ccccc21.[Pt]. The zero-order chi connectivity index (χ0) is 45.7. The molecule has 0 saturated carbocycles. The number of hydrogen-bond acceptors (Lipinski definition) is 2. The van der Waals surface area contributed by atoms with Gasteiger partial charge in [0.15, 0.2) is 0 Å². The number of aryl methyl sites for hydroxylation is 2. The second-order valence-electron chi connectivity index (χ2n) is 17.7. The van der Waals surface area contributed by atoms with Crippen LogP contribution in [0.25, 0.3) is 110 Å². The van der Waals surface area contributed by atoms with Crippen molar-refractivity contribution in [3.05, 3.63) is 230 Å². The maximum Gasteiger partial charge on any atom is 0.242 e. The van der Waals surface area contributed by atoms with E-state index in [0.717, 1.165) is 94.5 Å². The van der Waals surface area contributed by atoms with Crippen LogP contribution in [0.15, 0.2) is 206 Å². The Balaban J connectivity index is 0.00000480. The molecule has 5 aromatic heterocycles. The van der Waals surface area contributed by atoms with Gasteiger partial charge in [0, 0.05) is 76.9 Å². The normalized spacial score (nSPS) is 11.7. The average molecular weight is 1080 g/mol. The summed E-state index contributed by atoms with van der Waals surface area (Å²) in [4.78, 5) is 5.41. The summed E-state index contributed by atoms with van der Waals surface area (Å²) in [6.07, 6.45) is 5.49. The Bertz CT molecular complexity index is 4160. The largest absolute Gasteiger partial charge is 0.510 e. The monoisotopic (exact) mass is 1080 g/mol. The molecule has 0 fully saturated rings. The van der Waals surface area contributed by atoms with E-state index in [2.05, 4.69) is 209 Å². The summed E-state index contributed by atoms with van der Waals surface area (Å²) in [6.45, 7) is 2.21. The first kappa shape index (κ1) is 41.7. The maximum atomic E-state index is 6.59. The Kier molecular flexibility index (Phi) is 9.72. The van der Waals surface area contributed by atoms with Gasteiger partial charge in [-0.2, -0.15) is 18.2 Å². The number of fused-ring (bicyclic) bond motifs is 10. The molecule has 0 radical (unpaired) electrons. The molecule has 0 aliphatic rings. The fourth-order valence-corrected chi connectivity index (χ4v) is 10.8. The van der Waals surface area contributed by atoms with Gasteiger partial charge in [-0.15, -0.1) is 29.7 Å². The van der Waals surface area contributed by atoms with Crippen LogP contribution in [0.4, 0.5) is 0 Å². The van der Waals surface area contributed by atoms with Gasteiger partial charge >= 0.3 is 0 Å². The van der Waals surface area contributed by atoms with E-state index in [1.165, 1.54) is 21.5 Å². The van der Waals surface area contributed by atoms with Crippen molar-refractivity contribution in [1.29, 1.82) is 0 Å². The number of rotatable bonds is 7. The number of nitrogens with zero attached hydrogens (tertiary/aromatic N) is 6. The molecule has 0 aliphatic heterocycles. The van der Waals surface area contributed by atoms with E-state index in [-0.39, 0.29) is 21.1 Å². The van der Waals surface area contributed by atoms with Crippen LogP contribution in [-0.4, -0.2) is 23.3 Å². The summed E-state index contributed by atoms with van der Waals surface area (Å²) in [5.74, 6) is 1.95. The molecule has 0 bridgehead atoms. The smallest absolute Gasteiger partial charge is 0.242 e. The number of ether oxygens (including phenoxy) is 1. The molecule has 7 nitrogen and oxygen atoms in total. The Morgan fingerprint density at radius 1 is 0.471 bits per heavy atom. The Hall–Kier alpha value is -8.51. The summed E-state index contributed by atoms with van der Waals surface area (Å²) < 4.78 is 17.7. The van der Waals surface area contributed by atoms with Crippen LogP contribution < -0.4 is 9.30 Å². The van der Waals surface area contributed by atoms with Crippen molar-refractivity contribution < 1.29 is 30.4 Å². The van der Waals surface area contributed by atoms with E-state index in [4.69, 9.17) is 9.72 Å². The Morgan fingerprint density at radius 2 is 0.957 bits per heavy atom. The molecule has 8 heteroatoms. The van der Waals surface area contributed by atoms with Gasteiger partial charge in [0.25, 0.3) is 0 Å². The standard InChI is InChI=1S/C62H40N6O.Pt/c1-40-35-61(68-55-28-12-7-23-48(55)49-34-33-43(37-60(49)68)69-42-18-15-17-41(36-42)65-39-64(2)56-29-13-14-30-57(56)65)63-38-50(40)62-58(66-51-24-8-3-19-44(51)45-20-4-9-25-52(45)66)31-16-32-59(62)67-53-26-10-5-21-46(53)47-22-6-11-27-54(47)67;/h3-35,38H,1-2H3;/q-2;. The van der Waals surface area contributed by atoms with Crippen molar-refractivity contribution in [3.63, 3.8) is 0 Å². The van der Waals surface area contributed by atoms with Crippen LogP contribution in [0.5, 0.6) is 11.5 Å². The summed E-state index contributed by atoms with van der Waals surface area (Å²) in [5, 5.41) is 7.03. The Morgan fingerprint density at radius 3 is 1.53 bits per heavy atom. The van der Waals surface area contributed by atoms with Crippen molar-refractivity contribution in [1.82, 2.24) is 23.3 Å². The molecule has 14 aromatic rings. The zero-order valence-electron chi connectivity index (χ0n) is 38.0. The number of pyridine rings is 1. The molecular formula is C62H40N6OPt-2. The molecule has 70 heavy (non-hydrogen) atoms. The molecule has 336 valence electrons. The number of para-hydroxylation sites is 7. The van der Waals surface area contributed by atoms with Gasteiger partial charge in [-0.1, -0.05) is 133 Å². The first-order valence-corrected chi connectivity index (χ1v) is 23.2. The summed E-state index contributed by atoms with van der Waals surface area (Å²) >= 11 is 0. The van der Waals surface area contributed by atoms with Crippen molar-refractivity contribution in [3.8, 4) is 45.5 Å². The summed E-state index contributed by atoms with van der Waals surface area (Å²) in [7, 11) is 2.00. The molecule has 0 aliphatic carbocycles. The number of hydrogen-bond donors (Lipinski definition) is 0. The minimum atomic E-state index is 0. The molecule has 9 aromatic carbocycles. The molecular weight excluding hydrogens is 1040 g/mol. The number of aromatic nitrogens is 6. The van der Waals surface area contributed by atoms with E-state index in [1.807, 2.05) is 52.6 Å². The third kappa shape index (κ3) is 6.32. The third-order valence-electron chi connectivity index (χ3n) is 13.8. The first-order chi connectivity index (χ1) is 34.1. The van der Waals surface area contributed by atoms with E-state index in [0.29, 0.717) is 11.5 Å². The van der Waals surface area contributed by atoms with Gasteiger partial charge in [-0.25, -0.2) is 4.98 Å². The molecule has 0 spiro atoms. The third-order valence-corrected chi connectivity index (χ3v) is 13.8. The molecule has 0 unspecified atom stereocenters. The minimum absolute atomic E-state index is 0. The van der Waals surface area contributed by atoms with Crippen LogP contribution in [0.2, 0.25) is 0 Å². The molecule has 5 heterocycles. The van der Waals surface area contributed by atoms with E-state index < -0.39 is 0 Å². The van der Waals surface area contributed by atoms with Crippen LogP contribution in [-0.2, 0) is 28.1 Å². The molecule has 0 atom stereocenters. The molecule has 0 saturated heterocycles. The summed E-state index contributed by atoms with van der Waals surface area (Å²) in [6, 6.07) is 77.8. The van der Waals surface area contributed by atoms with E-state index >= 15 is 0 Å². The molecule has 14 rings (SSSR count). The van der Waals surface area contributed by atoms with Gasteiger partial charge in [0.05, 0.1) is 51.5 Å². The van der Waals surface area contributed by atoms with E-state index in [1.54, 1.807) is 0 Å². The van der Waals surface area contributed by atoms with Gasteiger partial charge in [-0.3, -0.25) is 0 Å². The van der Waals surface area contributed by atoms with Crippen LogP contribution in [0.3, 0.4) is 0 Å². The predicted molar refractivity (Wildman–Crippen MR) is 278 cm³/mol. The molecule has 0 N–H and O–H groups in total. The van der Waals surface area contributed by atoms with Crippen molar-refractivity contribution in [2.24, 2.45) is 7.05 Å². The molecule has 0 amide bonds. The Labute approximate surface area is 417 Å². The van der Waals surface area contributed by atoms with Gasteiger partial charge < -0.3 is 27.6 Å². The predicted octanol–water partition coefficient (Wildman–Crippen LogP) is 14.3. The fraction of sp³-hybridized carbons (Fsp3) is 0.0323. The average Bonchev–Trinajstić information content (AvgIpc) is 4.12. The first-order valence-electron chi connectivity index (χ1n) is 23.2.